The zero-order valence-electron chi connectivity index (χ0n) is 11.5. The minimum Gasteiger partial charge on any atom is -0.353 e. The SMILES string of the molecule is Cc1sc2ncnc(SCC(=O)NC(C)C)c2c1C. The Balaban J connectivity index is 2.19. The summed E-state index contributed by atoms with van der Waals surface area (Å²) in [5.74, 6) is 0.426. The van der Waals surface area contributed by atoms with Crippen molar-refractivity contribution in [2.45, 2.75) is 38.8 Å². The van der Waals surface area contributed by atoms with E-state index >= 15 is 0 Å². The van der Waals surface area contributed by atoms with Crippen LogP contribution in [0.4, 0.5) is 0 Å². The maximum Gasteiger partial charge on any atom is 0.230 e. The van der Waals surface area contributed by atoms with E-state index in [1.54, 1.807) is 17.7 Å². The van der Waals surface area contributed by atoms with Gasteiger partial charge in [0.1, 0.15) is 16.2 Å². The van der Waals surface area contributed by atoms with Crippen LogP contribution in [0.15, 0.2) is 11.4 Å². The number of fused-ring (bicyclic) bond motifs is 1. The van der Waals surface area contributed by atoms with Crippen molar-refractivity contribution in [3.05, 3.63) is 16.8 Å². The molecule has 102 valence electrons. The van der Waals surface area contributed by atoms with Gasteiger partial charge in [-0.1, -0.05) is 11.8 Å². The van der Waals surface area contributed by atoms with Gasteiger partial charge < -0.3 is 5.32 Å². The second-order valence-electron chi connectivity index (χ2n) is 4.65. The number of thioether (sulfide) groups is 1. The van der Waals surface area contributed by atoms with Crippen LogP contribution in [0.5, 0.6) is 0 Å². The van der Waals surface area contributed by atoms with Crippen molar-refractivity contribution in [3.63, 3.8) is 0 Å². The van der Waals surface area contributed by atoms with Crippen molar-refractivity contribution in [2.24, 2.45) is 0 Å². The molecule has 2 heterocycles. The molecule has 2 rings (SSSR count). The number of nitrogens with one attached hydrogen (secondary N) is 1. The second kappa shape index (κ2) is 5.88. The van der Waals surface area contributed by atoms with Gasteiger partial charge in [-0.15, -0.1) is 11.3 Å². The van der Waals surface area contributed by atoms with Gasteiger partial charge in [-0.2, -0.15) is 0 Å². The molecule has 4 nitrogen and oxygen atoms in total. The van der Waals surface area contributed by atoms with Crippen LogP contribution in [0.25, 0.3) is 10.2 Å². The zero-order chi connectivity index (χ0) is 14.0. The number of rotatable bonds is 4. The van der Waals surface area contributed by atoms with Crippen LogP contribution in [0.3, 0.4) is 0 Å². The Morgan fingerprint density at radius 1 is 1.42 bits per heavy atom. The lowest BCUT2D eigenvalue weighted by atomic mass is 10.2. The number of hydrogen-bond acceptors (Lipinski definition) is 5. The van der Waals surface area contributed by atoms with Crippen LogP contribution < -0.4 is 5.32 Å². The van der Waals surface area contributed by atoms with Crippen molar-refractivity contribution < 1.29 is 4.79 Å². The molecule has 2 aromatic heterocycles. The molecule has 0 radical (unpaired) electrons. The summed E-state index contributed by atoms with van der Waals surface area (Å²) in [5.41, 5.74) is 1.22. The van der Waals surface area contributed by atoms with Gasteiger partial charge in [0.2, 0.25) is 5.91 Å². The van der Waals surface area contributed by atoms with E-state index in [-0.39, 0.29) is 11.9 Å². The summed E-state index contributed by atoms with van der Waals surface area (Å²) in [6.45, 7) is 8.08. The summed E-state index contributed by atoms with van der Waals surface area (Å²) in [6.07, 6.45) is 1.57. The summed E-state index contributed by atoms with van der Waals surface area (Å²) >= 11 is 3.14. The molecule has 2 aromatic rings. The molecule has 0 saturated heterocycles. The normalized spacial score (nSPS) is 11.2. The van der Waals surface area contributed by atoms with E-state index in [9.17, 15) is 4.79 Å². The smallest absolute Gasteiger partial charge is 0.230 e. The Hall–Kier alpha value is -1.14. The number of hydrogen-bond donors (Lipinski definition) is 1. The average molecular weight is 295 g/mol. The number of amides is 1. The molecule has 0 atom stereocenters. The second-order valence-corrected chi connectivity index (χ2v) is 6.82. The predicted molar refractivity (Wildman–Crippen MR) is 80.9 cm³/mol. The van der Waals surface area contributed by atoms with Crippen LogP contribution in [0.2, 0.25) is 0 Å². The minimum atomic E-state index is 0.0383. The third kappa shape index (κ3) is 3.25. The number of aromatic nitrogens is 2. The molecular weight excluding hydrogens is 278 g/mol. The average Bonchev–Trinajstić information content (AvgIpc) is 2.62. The quantitative estimate of drug-likeness (QED) is 0.696. The Morgan fingerprint density at radius 2 is 2.16 bits per heavy atom. The van der Waals surface area contributed by atoms with Crippen molar-refractivity contribution >= 4 is 39.2 Å². The van der Waals surface area contributed by atoms with Crippen LogP contribution in [-0.4, -0.2) is 27.7 Å². The maximum atomic E-state index is 11.7. The first-order valence-electron chi connectivity index (χ1n) is 6.12. The molecule has 0 aromatic carbocycles. The molecule has 6 heteroatoms. The lowest BCUT2D eigenvalue weighted by Gasteiger charge is -2.08. The van der Waals surface area contributed by atoms with E-state index in [1.165, 1.54) is 22.2 Å². The zero-order valence-corrected chi connectivity index (χ0v) is 13.1. The molecule has 19 heavy (non-hydrogen) atoms. The highest BCUT2D eigenvalue weighted by Crippen LogP contribution is 2.34. The Labute approximate surface area is 121 Å². The fourth-order valence-corrected chi connectivity index (χ4v) is 3.69. The molecule has 0 bridgehead atoms. The minimum absolute atomic E-state index is 0.0383. The largest absolute Gasteiger partial charge is 0.353 e. The first kappa shape index (κ1) is 14.3. The summed E-state index contributed by atoms with van der Waals surface area (Å²) in [4.78, 5) is 22.5. The van der Waals surface area contributed by atoms with E-state index < -0.39 is 0 Å². The number of carbonyl (C=O) groups excluding carboxylic acids is 1. The molecule has 0 fully saturated rings. The van der Waals surface area contributed by atoms with Crippen LogP contribution in [0.1, 0.15) is 24.3 Å². The fourth-order valence-electron chi connectivity index (χ4n) is 1.76. The fraction of sp³-hybridized carbons (Fsp3) is 0.462. The van der Waals surface area contributed by atoms with Gasteiger partial charge in [0.15, 0.2) is 0 Å². The standard InChI is InChI=1S/C13H17N3OS2/c1-7(2)16-10(17)5-18-12-11-8(3)9(4)19-13(11)15-6-14-12/h6-7H,5H2,1-4H3,(H,16,17). The van der Waals surface area contributed by atoms with Crippen LogP contribution in [-0.2, 0) is 4.79 Å². The topological polar surface area (TPSA) is 54.9 Å². The molecule has 0 aliphatic heterocycles. The van der Waals surface area contributed by atoms with E-state index in [0.29, 0.717) is 5.75 Å². The molecule has 0 saturated carbocycles. The van der Waals surface area contributed by atoms with Gasteiger partial charge in [-0.25, -0.2) is 9.97 Å². The van der Waals surface area contributed by atoms with Crippen LogP contribution >= 0.6 is 23.1 Å². The lowest BCUT2D eigenvalue weighted by Crippen LogP contribution is -2.31. The molecule has 1 amide bonds. The summed E-state index contributed by atoms with van der Waals surface area (Å²) in [7, 11) is 0. The molecule has 0 unspecified atom stereocenters. The highest BCUT2D eigenvalue weighted by Gasteiger charge is 2.13. The molecule has 1 N–H and O–H groups in total. The third-order valence-electron chi connectivity index (χ3n) is 2.72. The van der Waals surface area contributed by atoms with Crippen LogP contribution in [0, 0.1) is 13.8 Å². The summed E-state index contributed by atoms with van der Waals surface area (Å²) in [6, 6.07) is 0.170. The van der Waals surface area contributed by atoms with Gasteiger partial charge in [0.05, 0.1) is 5.75 Å². The molecule has 0 spiro atoms. The Kier molecular flexibility index (Phi) is 4.42. The van der Waals surface area contributed by atoms with Gasteiger partial charge in [0, 0.05) is 16.3 Å². The number of nitrogens with zero attached hydrogens (tertiary/aromatic N) is 2. The highest BCUT2D eigenvalue weighted by molar-refractivity contribution is 8.00. The number of carbonyl (C=O) groups is 1. The van der Waals surface area contributed by atoms with Crippen molar-refractivity contribution in [1.82, 2.24) is 15.3 Å². The van der Waals surface area contributed by atoms with Gasteiger partial charge >= 0.3 is 0 Å². The van der Waals surface area contributed by atoms with Crippen molar-refractivity contribution in [3.8, 4) is 0 Å². The third-order valence-corrected chi connectivity index (χ3v) is 4.82. The van der Waals surface area contributed by atoms with Gasteiger partial charge in [-0.05, 0) is 33.3 Å². The van der Waals surface area contributed by atoms with Crippen molar-refractivity contribution in [2.75, 3.05) is 5.75 Å². The Bertz CT molecular complexity index is 607. The molecule has 0 aliphatic rings. The highest BCUT2D eigenvalue weighted by atomic mass is 32.2. The number of thiophene rings is 1. The first-order valence-corrected chi connectivity index (χ1v) is 7.92. The molecule has 0 aliphatic carbocycles. The van der Waals surface area contributed by atoms with E-state index in [4.69, 9.17) is 0 Å². The first-order chi connectivity index (χ1) is 8.99. The summed E-state index contributed by atoms with van der Waals surface area (Å²) < 4.78 is 0. The lowest BCUT2D eigenvalue weighted by molar-refractivity contribution is -0.119. The monoisotopic (exact) mass is 295 g/mol. The summed E-state index contributed by atoms with van der Waals surface area (Å²) in [5, 5.41) is 4.86. The van der Waals surface area contributed by atoms with E-state index in [1.807, 2.05) is 13.8 Å². The Morgan fingerprint density at radius 3 is 2.84 bits per heavy atom. The van der Waals surface area contributed by atoms with Gasteiger partial charge in [0.25, 0.3) is 0 Å². The van der Waals surface area contributed by atoms with E-state index in [0.717, 1.165) is 15.2 Å². The maximum absolute atomic E-state index is 11.7. The predicted octanol–water partition coefficient (Wildman–Crippen LogP) is 2.92. The number of aryl methyl sites for hydroxylation is 2. The molecular formula is C13H17N3OS2. The van der Waals surface area contributed by atoms with E-state index in [2.05, 4.69) is 29.1 Å². The van der Waals surface area contributed by atoms with Gasteiger partial charge in [-0.3, -0.25) is 4.79 Å². The van der Waals surface area contributed by atoms with Crippen molar-refractivity contribution in [1.29, 1.82) is 0 Å².